The van der Waals surface area contributed by atoms with Gasteiger partial charge in [-0.15, -0.1) is 0 Å². The summed E-state index contributed by atoms with van der Waals surface area (Å²) in [6, 6.07) is 4.58. The highest BCUT2D eigenvalue weighted by Crippen LogP contribution is 2.19. The van der Waals surface area contributed by atoms with Gasteiger partial charge in [-0.1, -0.05) is 23.2 Å². The third kappa shape index (κ3) is 7.05. The first kappa shape index (κ1) is 15.8. The average molecular weight is 314 g/mol. The minimum Gasteiger partial charge on any atom is -0.268 e. The van der Waals surface area contributed by atoms with Gasteiger partial charge >= 0.3 is 6.18 Å². The van der Waals surface area contributed by atoms with Crippen LogP contribution in [0.1, 0.15) is 5.56 Å². The third-order valence-electron chi connectivity index (χ3n) is 1.72. The van der Waals surface area contributed by atoms with Crippen molar-refractivity contribution in [2.24, 2.45) is 0 Å². The second-order valence-electron chi connectivity index (χ2n) is 3.41. The van der Waals surface area contributed by atoms with Crippen LogP contribution in [-0.4, -0.2) is 18.7 Å². The monoisotopic (exact) mass is 313 g/mol. The molecule has 0 radical (unpaired) electrons. The highest BCUT2D eigenvalue weighted by atomic mass is 35.5. The van der Waals surface area contributed by atoms with Crippen molar-refractivity contribution < 1.29 is 22.8 Å². The number of carbonyl (C=O) groups excluding carboxylic acids is 1. The Morgan fingerprint density at radius 2 is 1.84 bits per heavy atom. The summed E-state index contributed by atoms with van der Waals surface area (Å²) in [4.78, 5) is 15.1. The Morgan fingerprint density at radius 1 is 1.26 bits per heavy atom. The number of hydrogen-bond donors (Lipinski definition) is 1. The Morgan fingerprint density at radius 3 is 2.37 bits per heavy atom. The lowest BCUT2D eigenvalue weighted by Gasteiger charge is -2.06. The van der Waals surface area contributed by atoms with Gasteiger partial charge in [0.05, 0.1) is 0 Å². The molecule has 1 aromatic rings. The number of amides is 1. The quantitative estimate of drug-likeness (QED) is 0.681. The zero-order valence-electron chi connectivity index (χ0n) is 9.30. The SMILES string of the molecule is O=C(/C=C/c1cc(Cl)cc(Cl)c1)NOCC(F)(F)F. The lowest BCUT2D eigenvalue weighted by Crippen LogP contribution is -2.28. The summed E-state index contributed by atoms with van der Waals surface area (Å²) in [6.07, 6.45) is -2.17. The van der Waals surface area contributed by atoms with Crippen LogP contribution in [0.25, 0.3) is 6.08 Å². The molecule has 0 spiro atoms. The van der Waals surface area contributed by atoms with E-state index in [9.17, 15) is 18.0 Å². The van der Waals surface area contributed by atoms with E-state index in [4.69, 9.17) is 23.2 Å². The van der Waals surface area contributed by atoms with Crippen molar-refractivity contribution in [1.29, 1.82) is 0 Å². The van der Waals surface area contributed by atoms with E-state index in [1.165, 1.54) is 24.3 Å². The van der Waals surface area contributed by atoms with Gasteiger partial charge in [0.2, 0.25) is 0 Å². The van der Waals surface area contributed by atoms with Gasteiger partial charge in [-0.2, -0.15) is 13.2 Å². The molecule has 0 aliphatic carbocycles. The normalized spacial score (nSPS) is 11.8. The first-order valence-electron chi connectivity index (χ1n) is 4.89. The summed E-state index contributed by atoms with van der Waals surface area (Å²) in [7, 11) is 0. The molecule has 0 aliphatic rings. The number of hydroxylamine groups is 1. The maximum absolute atomic E-state index is 11.7. The van der Waals surface area contributed by atoms with Gasteiger partial charge in [-0.05, 0) is 29.8 Å². The zero-order valence-corrected chi connectivity index (χ0v) is 10.8. The molecule has 104 valence electrons. The van der Waals surface area contributed by atoms with Crippen molar-refractivity contribution >= 4 is 35.2 Å². The Labute approximate surface area is 116 Å². The second-order valence-corrected chi connectivity index (χ2v) is 4.28. The van der Waals surface area contributed by atoms with Crippen molar-refractivity contribution in [2.45, 2.75) is 6.18 Å². The summed E-state index contributed by atoms with van der Waals surface area (Å²) in [5.74, 6) is -0.833. The van der Waals surface area contributed by atoms with Crippen molar-refractivity contribution in [3.05, 3.63) is 39.9 Å². The number of nitrogens with one attached hydrogen (secondary N) is 1. The molecule has 0 saturated heterocycles. The molecular weight excluding hydrogens is 306 g/mol. The van der Waals surface area contributed by atoms with Crippen LogP contribution in [0, 0.1) is 0 Å². The molecule has 1 N–H and O–H groups in total. The zero-order chi connectivity index (χ0) is 14.5. The van der Waals surface area contributed by atoms with Crippen molar-refractivity contribution in [2.75, 3.05) is 6.61 Å². The standard InChI is InChI=1S/C11H8Cl2F3NO2/c12-8-3-7(4-9(13)5-8)1-2-10(18)17-19-6-11(14,15)16/h1-5H,6H2,(H,17,18)/b2-1+. The minimum absolute atomic E-state index is 0.376. The van der Waals surface area contributed by atoms with E-state index in [0.717, 1.165) is 6.08 Å². The van der Waals surface area contributed by atoms with Crippen LogP contribution < -0.4 is 5.48 Å². The van der Waals surface area contributed by atoms with Crippen LogP contribution in [0.5, 0.6) is 0 Å². The van der Waals surface area contributed by atoms with Crippen LogP contribution in [0.15, 0.2) is 24.3 Å². The van der Waals surface area contributed by atoms with E-state index >= 15 is 0 Å². The van der Waals surface area contributed by atoms with Crippen LogP contribution in [0.4, 0.5) is 13.2 Å². The molecule has 1 rings (SSSR count). The van der Waals surface area contributed by atoms with Crippen molar-refractivity contribution in [1.82, 2.24) is 5.48 Å². The molecular formula is C11H8Cl2F3NO2. The largest absolute Gasteiger partial charge is 0.414 e. The number of halogens is 5. The summed E-state index contributed by atoms with van der Waals surface area (Å²) in [5.41, 5.74) is 2.16. The van der Waals surface area contributed by atoms with Crippen molar-refractivity contribution in [3.63, 3.8) is 0 Å². The van der Waals surface area contributed by atoms with Crippen molar-refractivity contribution in [3.8, 4) is 0 Å². The Balaban J connectivity index is 2.49. The van der Waals surface area contributed by atoms with E-state index in [1.807, 2.05) is 0 Å². The van der Waals surface area contributed by atoms with E-state index in [2.05, 4.69) is 4.84 Å². The molecule has 1 aromatic carbocycles. The number of hydrogen-bond acceptors (Lipinski definition) is 2. The first-order valence-corrected chi connectivity index (χ1v) is 5.64. The molecule has 0 fully saturated rings. The fourth-order valence-corrected chi connectivity index (χ4v) is 1.61. The molecule has 0 heterocycles. The summed E-state index contributed by atoms with van der Waals surface area (Å²) in [6.45, 7) is -1.56. The Kier molecular flexibility index (Phi) is 5.65. The van der Waals surface area contributed by atoms with E-state index in [1.54, 1.807) is 5.48 Å². The van der Waals surface area contributed by atoms with Gasteiger partial charge in [0, 0.05) is 16.1 Å². The van der Waals surface area contributed by atoms with E-state index in [-0.39, 0.29) is 0 Å². The molecule has 0 saturated carbocycles. The van der Waals surface area contributed by atoms with E-state index in [0.29, 0.717) is 15.6 Å². The first-order chi connectivity index (χ1) is 8.76. The highest BCUT2D eigenvalue weighted by Gasteiger charge is 2.28. The van der Waals surface area contributed by atoms with Gasteiger partial charge in [0.15, 0.2) is 6.61 Å². The number of carbonyl (C=O) groups is 1. The lowest BCUT2D eigenvalue weighted by molar-refractivity contribution is -0.190. The molecule has 1 amide bonds. The van der Waals surface area contributed by atoms with Crippen LogP contribution in [0.3, 0.4) is 0 Å². The van der Waals surface area contributed by atoms with Crippen LogP contribution in [0.2, 0.25) is 10.0 Å². The summed E-state index contributed by atoms with van der Waals surface area (Å²) >= 11 is 11.5. The summed E-state index contributed by atoms with van der Waals surface area (Å²) < 4.78 is 35.2. The van der Waals surface area contributed by atoms with E-state index < -0.39 is 18.7 Å². The molecule has 0 bridgehead atoms. The van der Waals surface area contributed by atoms with Gasteiger partial charge < -0.3 is 0 Å². The molecule has 0 aliphatic heterocycles. The number of benzene rings is 1. The van der Waals surface area contributed by atoms with Gasteiger partial charge in [0.1, 0.15) is 0 Å². The molecule has 0 atom stereocenters. The van der Waals surface area contributed by atoms with Gasteiger partial charge in [-0.25, -0.2) is 5.48 Å². The number of alkyl halides is 3. The molecule has 8 heteroatoms. The molecule has 0 unspecified atom stereocenters. The molecule has 3 nitrogen and oxygen atoms in total. The fraction of sp³-hybridized carbons (Fsp3) is 0.182. The number of rotatable bonds is 4. The topological polar surface area (TPSA) is 38.3 Å². The fourth-order valence-electron chi connectivity index (χ4n) is 1.07. The molecule has 0 aromatic heterocycles. The van der Waals surface area contributed by atoms with Gasteiger partial charge in [0.25, 0.3) is 5.91 Å². The molecule has 19 heavy (non-hydrogen) atoms. The Bertz CT molecular complexity index is 469. The second kappa shape index (κ2) is 6.79. The van der Waals surface area contributed by atoms with Crippen LogP contribution >= 0.6 is 23.2 Å². The van der Waals surface area contributed by atoms with Crippen LogP contribution in [-0.2, 0) is 9.63 Å². The maximum atomic E-state index is 11.7. The average Bonchev–Trinajstić information content (AvgIpc) is 2.23. The highest BCUT2D eigenvalue weighted by molar-refractivity contribution is 6.34. The minimum atomic E-state index is -4.50. The summed E-state index contributed by atoms with van der Waals surface area (Å²) in [5, 5.41) is 0.752. The van der Waals surface area contributed by atoms with Gasteiger partial charge in [-0.3, -0.25) is 9.63 Å². The Hall–Kier alpha value is -1.24. The third-order valence-corrected chi connectivity index (χ3v) is 2.16. The smallest absolute Gasteiger partial charge is 0.268 e. The predicted molar refractivity (Wildman–Crippen MR) is 65.6 cm³/mol. The predicted octanol–water partition coefficient (Wildman–Crippen LogP) is 3.62. The maximum Gasteiger partial charge on any atom is 0.414 e. The lowest BCUT2D eigenvalue weighted by atomic mass is 10.2.